The molecule has 2 aromatic carbocycles. The Labute approximate surface area is 135 Å². The number of nitro benzene ring substituents is 1. The third-order valence-corrected chi connectivity index (χ3v) is 3.69. The van der Waals surface area contributed by atoms with Crippen molar-refractivity contribution in [1.29, 1.82) is 0 Å². The maximum atomic E-state index is 12.1. The van der Waals surface area contributed by atoms with Gasteiger partial charge in [0, 0.05) is 18.2 Å². The Hall–Kier alpha value is -2.41. The van der Waals surface area contributed by atoms with Crippen LogP contribution in [-0.4, -0.2) is 17.9 Å². The highest BCUT2D eigenvalue weighted by Crippen LogP contribution is 2.25. The fraction of sp³-hybridized carbons (Fsp3) is 0.133. The highest BCUT2D eigenvalue weighted by Gasteiger charge is 2.15. The van der Waals surface area contributed by atoms with Crippen molar-refractivity contribution in [3.63, 3.8) is 0 Å². The Balaban J connectivity index is 2.05. The van der Waals surface area contributed by atoms with Crippen LogP contribution < -0.4 is 10.1 Å². The molecule has 0 heterocycles. The van der Waals surface area contributed by atoms with Crippen molar-refractivity contribution in [3.05, 3.63) is 68.2 Å². The highest BCUT2D eigenvalue weighted by atomic mass is 79.9. The molecule has 6 nitrogen and oxygen atoms in total. The van der Waals surface area contributed by atoms with Crippen molar-refractivity contribution < 1.29 is 14.5 Å². The summed E-state index contributed by atoms with van der Waals surface area (Å²) in [6.07, 6.45) is 0. The molecule has 0 atom stereocenters. The first-order valence-corrected chi connectivity index (χ1v) is 7.15. The number of nitrogens with zero attached hydrogens (tertiary/aromatic N) is 1. The van der Waals surface area contributed by atoms with Crippen LogP contribution in [0.3, 0.4) is 0 Å². The van der Waals surface area contributed by atoms with Crippen LogP contribution in [-0.2, 0) is 6.54 Å². The molecule has 0 fully saturated rings. The molecule has 0 aliphatic heterocycles. The van der Waals surface area contributed by atoms with Crippen molar-refractivity contribution in [2.24, 2.45) is 0 Å². The topological polar surface area (TPSA) is 81.5 Å². The largest absolute Gasteiger partial charge is 0.497 e. The second kappa shape index (κ2) is 7.04. The number of methoxy groups -OCH3 is 1. The van der Waals surface area contributed by atoms with E-state index < -0.39 is 4.92 Å². The summed E-state index contributed by atoms with van der Waals surface area (Å²) in [5.74, 6) is 0.366. The van der Waals surface area contributed by atoms with Crippen molar-refractivity contribution in [2.45, 2.75) is 6.54 Å². The summed E-state index contributed by atoms with van der Waals surface area (Å²) in [6.45, 7) is 0.326. The average molecular weight is 365 g/mol. The fourth-order valence-electron chi connectivity index (χ4n) is 1.82. The zero-order chi connectivity index (χ0) is 16.1. The zero-order valence-corrected chi connectivity index (χ0v) is 13.3. The molecule has 114 valence electrons. The molecule has 0 aliphatic rings. The lowest BCUT2D eigenvalue weighted by molar-refractivity contribution is -0.385. The molecule has 0 spiro atoms. The lowest BCUT2D eigenvalue weighted by Gasteiger charge is -2.07. The molecule has 2 aromatic rings. The van der Waals surface area contributed by atoms with Gasteiger partial charge in [-0.3, -0.25) is 14.9 Å². The molecule has 22 heavy (non-hydrogen) atoms. The first kappa shape index (κ1) is 16.0. The van der Waals surface area contributed by atoms with Gasteiger partial charge in [0.25, 0.3) is 11.6 Å². The maximum absolute atomic E-state index is 12.1. The summed E-state index contributed by atoms with van der Waals surface area (Å²) < 4.78 is 5.39. The van der Waals surface area contributed by atoms with E-state index in [-0.39, 0.29) is 17.2 Å². The van der Waals surface area contributed by atoms with Crippen molar-refractivity contribution in [2.75, 3.05) is 7.11 Å². The van der Waals surface area contributed by atoms with E-state index >= 15 is 0 Å². The smallest absolute Gasteiger partial charge is 0.284 e. The molecular formula is C15H13BrN2O4. The molecule has 0 unspecified atom stereocenters. The Kier molecular flexibility index (Phi) is 5.11. The lowest BCUT2D eigenvalue weighted by Crippen LogP contribution is -2.22. The van der Waals surface area contributed by atoms with Crippen molar-refractivity contribution >= 4 is 27.5 Å². The summed E-state index contributed by atoms with van der Waals surface area (Å²) in [6, 6.07) is 11.5. The summed E-state index contributed by atoms with van der Waals surface area (Å²) >= 11 is 3.08. The van der Waals surface area contributed by atoms with Crippen LogP contribution >= 0.6 is 15.9 Å². The number of hydrogen-bond donors (Lipinski definition) is 1. The average Bonchev–Trinajstić information content (AvgIpc) is 2.53. The standard InChI is InChI=1S/C15H13BrN2O4/c1-22-12-5-2-10(3-6-12)9-17-15(19)11-4-7-13(16)14(8-11)18(20)21/h2-8H,9H2,1H3,(H,17,19). The molecular weight excluding hydrogens is 352 g/mol. The third kappa shape index (κ3) is 3.82. The van der Waals surface area contributed by atoms with Gasteiger partial charge in [0.1, 0.15) is 5.75 Å². The molecule has 0 aromatic heterocycles. The minimum atomic E-state index is -0.537. The highest BCUT2D eigenvalue weighted by molar-refractivity contribution is 9.10. The number of rotatable bonds is 5. The lowest BCUT2D eigenvalue weighted by atomic mass is 10.1. The molecule has 0 saturated carbocycles. The minimum absolute atomic E-state index is 0.142. The quantitative estimate of drug-likeness (QED) is 0.651. The fourth-order valence-corrected chi connectivity index (χ4v) is 2.21. The number of hydrogen-bond acceptors (Lipinski definition) is 4. The van der Waals surface area contributed by atoms with E-state index in [2.05, 4.69) is 21.2 Å². The summed E-state index contributed by atoms with van der Waals surface area (Å²) in [4.78, 5) is 22.4. The van der Waals surface area contributed by atoms with Gasteiger partial charge in [-0.1, -0.05) is 12.1 Å². The summed E-state index contributed by atoms with van der Waals surface area (Å²) in [5, 5.41) is 13.6. The van der Waals surface area contributed by atoms with Crippen LogP contribution in [0.4, 0.5) is 5.69 Å². The Morgan fingerprint density at radius 2 is 1.95 bits per heavy atom. The number of carbonyl (C=O) groups is 1. The molecule has 7 heteroatoms. The Morgan fingerprint density at radius 1 is 1.27 bits per heavy atom. The van der Waals surface area contributed by atoms with Gasteiger partial charge in [0.05, 0.1) is 16.5 Å². The van der Waals surface area contributed by atoms with Gasteiger partial charge in [0.15, 0.2) is 0 Å². The van der Waals surface area contributed by atoms with Crippen LogP contribution in [0.2, 0.25) is 0 Å². The van der Waals surface area contributed by atoms with Crippen molar-refractivity contribution in [1.82, 2.24) is 5.32 Å². The minimum Gasteiger partial charge on any atom is -0.497 e. The molecule has 0 bridgehead atoms. The van der Waals surface area contributed by atoms with Crippen LogP contribution in [0.1, 0.15) is 15.9 Å². The van der Waals surface area contributed by atoms with Gasteiger partial charge in [-0.25, -0.2) is 0 Å². The Morgan fingerprint density at radius 3 is 2.55 bits per heavy atom. The molecule has 0 radical (unpaired) electrons. The monoisotopic (exact) mass is 364 g/mol. The SMILES string of the molecule is COc1ccc(CNC(=O)c2ccc(Br)c([N+](=O)[O-])c2)cc1. The van der Waals surface area contributed by atoms with Gasteiger partial charge in [-0.15, -0.1) is 0 Å². The van der Waals surface area contributed by atoms with Crippen LogP contribution in [0.15, 0.2) is 46.9 Å². The predicted octanol–water partition coefficient (Wildman–Crippen LogP) is 3.30. The van der Waals surface area contributed by atoms with Crippen LogP contribution in [0, 0.1) is 10.1 Å². The van der Waals surface area contributed by atoms with E-state index in [4.69, 9.17) is 4.74 Å². The maximum Gasteiger partial charge on any atom is 0.284 e. The number of benzene rings is 2. The van der Waals surface area contributed by atoms with E-state index in [1.165, 1.54) is 18.2 Å². The summed E-state index contributed by atoms with van der Waals surface area (Å²) in [7, 11) is 1.58. The number of carbonyl (C=O) groups excluding carboxylic acids is 1. The first-order valence-electron chi connectivity index (χ1n) is 6.36. The molecule has 2 rings (SSSR count). The van der Waals surface area contributed by atoms with Gasteiger partial charge >= 0.3 is 0 Å². The normalized spacial score (nSPS) is 10.1. The number of nitro groups is 1. The van der Waals surface area contributed by atoms with Crippen molar-refractivity contribution in [3.8, 4) is 5.75 Å². The second-order valence-electron chi connectivity index (χ2n) is 4.45. The molecule has 0 saturated heterocycles. The van der Waals surface area contributed by atoms with Crippen LogP contribution in [0.25, 0.3) is 0 Å². The number of nitrogens with one attached hydrogen (secondary N) is 1. The predicted molar refractivity (Wildman–Crippen MR) is 85.0 cm³/mol. The van der Waals surface area contributed by atoms with Crippen LogP contribution in [0.5, 0.6) is 5.75 Å². The van der Waals surface area contributed by atoms with Gasteiger partial charge in [-0.05, 0) is 45.8 Å². The van der Waals surface area contributed by atoms with E-state index in [0.717, 1.165) is 11.3 Å². The first-order chi connectivity index (χ1) is 10.5. The van der Waals surface area contributed by atoms with Gasteiger partial charge < -0.3 is 10.1 Å². The second-order valence-corrected chi connectivity index (χ2v) is 5.31. The number of amides is 1. The zero-order valence-electron chi connectivity index (χ0n) is 11.7. The van der Waals surface area contributed by atoms with Gasteiger partial charge in [0.2, 0.25) is 0 Å². The molecule has 1 N–H and O–H groups in total. The van der Waals surface area contributed by atoms with E-state index in [0.29, 0.717) is 11.0 Å². The Bertz CT molecular complexity index is 701. The molecule has 0 aliphatic carbocycles. The van der Waals surface area contributed by atoms with E-state index in [9.17, 15) is 14.9 Å². The van der Waals surface area contributed by atoms with E-state index in [1.54, 1.807) is 19.2 Å². The van der Waals surface area contributed by atoms with E-state index in [1.807, 2.05) is 12.1 Å². The number of halogens is 1. The third-order valence-electron chi connectivity index (χ3n) is 3.02. The summed E-state index contributed by atoms with van der Waals surface area (Å²) in [5.41, 5.74) is 1.00. The van der Waals surface area contributed by atoms with Gasteiger partial charge in [-0.2, -0.15) is 0 Å². The molecule has 1 amide bonds. The number of ether oxygens (including phenoxy) is 1.